The van der Waals surface area contributed by atoms with Crippen LogP contribution in [0.2, 0.25) is 0 Å². The van der Waals surface area contributed by atoms with Gasteiger partial charge in [-0.1, -0.05) is 78.5 Å². The molecule has 0 aliphatic heterocycles. The maximum absolute atomic E-state index is 16.0. The molecule has 4 rings (SSSR count). The Morgan fingerprint density at radius 2 is 1.62 bits per heavy atom. The molecule has 282 valence electrons. The van der Waals surface area contributed by atoms with E-state index in [1.54, 1.807) is 33.8 Å². The van der Waals surface area contributed by atoms with E-state index in [0.29, 0.717) is 40.3 Å². The van der Waals surface area contributed by atoms with Gasteiger partial charge in [0, 0.05) is 51.9 Å². The van der Waals surface area contributed by atoms with Crippen LogP contribution in [-0.4, -0.2) is 43.6 Å². The molecule has 11 heteroatoms. The lowest BCUT2D eigenvalue weighted by molar-refractivity contribution is 0.0247. The van der Waals surface area contributed by atoms with Gasteiger partial charge in [-0.15, -0.1) is 0 Å². The molecule has 0 spiro atoms. The van der Waals surface area contributed by atoms with Crippen LogP contribution in [0.25, 0.3) is 24.0 Å². The van der Waals surface area contributed by atoms with Crippen LogP contribution < -0.4 is 25.8 Å². The normalized spacial score (nSPS) is 12.1. The van der Waals surface area contributed by atoms with Gasteiger partial charge in [-0.2, -0.15) is 8.78 Å². The van der Waals surface area contributed by atoms with Crippen molar-refractivity contribution in [1.29, 1.82) is 0 Å². The molecule has 0 aliphatic rings. The predicted molar refractivity (Wildman–Crippen MR) is 198 cm³/mol. The minimum Gasteiger partial charge on any atom is -0.496 e. The summed E-state index contributed by atoms with van der Waals surface area (Å²) in [5.74, 6) is -2.47. The molecule has 1 heterocycles. The number of nitrogens with zero attached hydrogens (tertiary/aromatic N) is 1. The van der Waals surface area contributed by atoms with Crippen molar-refractivity contribution in [2.45, 2.75) is 78.4 Å². The second-order valence-electron chi connectivity index (χ2n) is 12.0. The van der Waals surface area contributed by atoms with Gasteiger partial charge in [-0.05, 0) is 61.2 Å². The molecular formula is C41H50F5N3O3. The summed E-state index contributed by atoms with van der Waals surface area (Å²) in [5.41, 5.74) is 0.362. The number of carbonyl (C=O) groups is 1. The first kappa shape index (κ1) is 43.6. The van der Waals surface area contributed by atoms with Crippen LogP contribution >= 0.6 is 0 Å². The first-order chi connectivity index (χ1) is 24.7. The zero-order valence-electron chi connectivity index (χ0n) is 31.1. The number of ether oxygens (including phenoxy) is 1. The Morgan fingerprint density at radius 3 is 2.13 bits per heavy atom. The van der Waals surface area contributed by atoms with Crippen molar-refractivity contribution in [3.63, 3.8) is 0 Å². The smallest absolute Gasteiger partial charge is 0.312 e. The minimum atomic E-state index is -2.66. The Balaban J connectivity index is 0.000000435. The van der Waals surface area contributed by atoms with E-state index < -0.39 is 29.6 Å². The fraction of sp³-hybridized carbons (Fsp3) is 0.366. The molecule has 0 fully saturated rings. The van der Waals surface area contributed by atoms with Crippen LogP contribution in [0.15, 0.2) is 60.7 Å². The molecule has 0 amide bonds. The maximum Gasteiger partial charge on any atom is 0.312 e. The number of likely N-dealkylation sites (N-methyl/N-ethyl adjacent to an activating group) is 1. The van der Waals surface area contributed by atoms with Crippen molar-refractivity contribution in [2.24, 2.45) is 0 Å². The number of benzene rings is 3. The number of rotatable bonds is 13. The third-order valence-corrected chi connectivity index (χ3v) is 8.57. The van der Waals surface area contributed by atoms with Crippen LogP contribution in [0, 0.1) is 17.5 Å². The average Bonchev–Trinajstić information content (AvgIpc) is 3.14. The highest BCUT2D eigenvalue weighted by molar-refractivity contribution is 5.75. The molecule has 1 unspecified atom stereocenters. The molecule has 3 N–H and O–H groups in total. The molecular weight excluding hydrogens is 677 g/mol. The summed E-state index contributed by atoms with van der Waals surface area (Å²) in [7, 11) is 3.23. The maximum atomic E-state index is 16.0. The summed E-state index contributed by atoms with van der Waals surface area (Å²) < 4.78 is 74.3. The molecule has 4 aromatic rings. The fourth-order valence-electron chi connectivity index (χ4n) is 5.57. The molecule has 1 atom stereocenters. The number of halogens is 5. The highest BCUT2D eigenvalue weighted by Crippen LogP contribution is 2.39. The molecule has 0 bridgehead atoms. The van der Waals surface area contributed by atoms with Crippen LogP contribution in [0.4, 0.5) is 22.0 Å². The van der Waals surface area contributed by atoms with Crippen LogP contribution in [0.5, 0.6) is 5.75 Å². The van der Waals surface area contributed by atoms with Gasteiger partial charge >= 0.3 is 6.55 Å². The fourth-order valence-corrected chi connectivity index (χ4v) is 5.57. The second-order valence-corrected chi connectivity index (χ2v) is 12.0. The van der Waals surface area contributed by atoms with Crippen molar-refractivity contribution < 1.29 is 36.6 Å². The van der Waals surface area contributed by atoms with E-state index in [-0.39, 0.29) is 47.1 Å². The van der Waals surface area contributed by atoms with Crippen molar-refractivity contribution in [1.82, 2.24) is 15.6 Å². The summed E-state index contributed by atoms with van der Waals surface area (Å²) in [6.45, 7) is 12.7. The highest BCUT2D eigenvalue weighted by atomic mass is 19.3. The number of aliphatic hydroxyl groups is 1. The molecule has 0 saturated heterocycles. The van der Waals surface area contributed by atoms with Crippen molar-refractivity contribution in [2.75, 3.05) is 20.7 Å². The second kappa shape index (κ2) is 20.4. The minimum absolute atomic E-state index is 0.0735. The van der Waals surface area contributed by atoms with Crippen LogP contribution in [0.1, 0.15) is 99.0 Å². The first-order valence-corrected chi connectivity index (χ1v) is 17.2. The number of hydrogen-bond acceptors (Lipinski definition) is 6. The molecule has 6 nitrogen and oxygen atoms in total. The quantitative estimate of drug-likeness (QED) is 0.0733. The first-order valence-electron chi connectivity index (χ1n) is 17.2. The topological polar surface area (TPSA) is 83.5 Å². The summed E-state index contributed by atoms with van der Waals surface area (Å²) in [5, 5.41) is 17.1. The third-order valence-electron chi connectivity index (χ3n) is 8.57. The van der Waals surface area contributed by atoms with E-state index in [1.807, 2.05) is 56.5 Å². The van der Waals surface area contributed by atoms with Gasteiger partial charge < -0.3 is 20.5 Å². The molecule has 1 aromatic heterocycles. The number of pyridine rings is 1. The lowest BCUT2D eigenvalue weighted by Gasteiger charge is -2.29. The van der Waals surface area contributed by atoms with E-state index in [0.717, 1.165) is 17.8 Å². The van der Waals surface area contributed by atoms with E-state index >= 15 is 8.78 Å². The van der Waals surface area contributed by atoms with Crippen LogP contribution in [0.3, 0.4) is 0 Å². The molecule has 0 radical (unpaired) electrons. The number of carbonyl (C=O) groups excluding carboxylic acids is 1. The Bertz CT molecular complexity index is 1870. The van der Waals surface area contributed by atoms with Crippen molar-refractivity contribution in [3.8, 4) is 17.0 Å². The summed E-state index contributed by atoms with van der Waals surface area (Å²) >= 11 is 0. The lowest BCUT2D eigenvalue weighted by Crippen LogP contribution is -2.29. The van der Waals surface area contributed by atoms with Gasteiger partial charge in [0.1, 0.15) is 29.4 Å². The Kier molecular flexibility index (Phi) is 17.1. The Hall–Kier alpha value is -4.61. The number of methoxy groups -OCH3 is 1. The monoisotopic (exact) mass is 727 g/mol. The summed E-state index contributed by atoms with van der Waals surface area (Å²) in [6, 6.07) is 16.3. The molecule has 52 heavy (non-hydrogen) atoms. The lowest BCUT2D eigenvalue weighted by atomic mass is 9.84. The van der Waals surface area contributed by atoms with Crippen molar-refractivity contribution >= 4 is 19.1 Å². The molecule has 0 aliphatic carbocycles. The summed E-state index contributed by atoms with van der Waals surface area (Å²) in [4.78, 5) is 15.2. The molecule has 0 saturated carbocycles. The number of aromatic nitrogens is 1. The SMILES string of the molecule is C=c1c(OC)cc(C=O)c/c1=C/NC(F)F.CC.CCC(O)(CC)c1cc(C(CNC)c2ccccc2)nc(-c2cc(C(C)C)c(F)cc2F)c1F. The highest BCUT2D eigenvalue weighted by Gasteiger charge is 2.33. The van der Waals surface area contributed by atoms with E-state index in [4.69, 9.17) is 4.74 Å². The Labute approximate surface area is 303 Å². The number of nitrogens with one attached hydrogen (secondary N) is 2. The van der Waals surface area contributed by atoms with Gasteiger partial charge in [-0.3, -0.25) is 4.79 Å². The molecule has 3 aromatic carbocycles. The average molecular weight is 728 g/mol. The van der Waals surface area contributed by atoms with Crippen LogP contribution in [-0.2, 0) is 5.60 Å². The van der Waals surface area contributed by atoms with E-state index in [9.17, 15) is 23.1 Å². The zero-order valence-corrected chi connectivity index (χ0v) is 31.1. The van der Waals surface area contributed by atoms with Gasteiger partial charge in [0.2, 0.25) is 0 Å². The van der Waals surface area contributed by atoms with Gasteiger partial charge in [0.25, 0.3) is 0 Å². The van der Waals surface area contributed by atoms with Gasteiger partial charge in [0.15, 0.2) is 5.82 Å². The number of alkyl halides is 2. The standard InChI is InChI=1S/C28H33F3N2O.C11H11F2NO2.C2H6/c1-6-28(34,7-2)22-14-25(21(16-32-5)18-11-9-8-10-12-18)33-27(26(22)31)20-13-19(17(3)4)23(29)15-24(20)30;1-7-9(5-14-11(12)13)3-8(6-15)4-10(7)16-2;1-2/h8-15,17,21,32,34H,6-7,16H2,1-5H3;3-6,11,14H,1H2,2H3;1-2H3/b;9-5-;. The number of aldehydes is 1. The largest absolute Gasteiger partial charge is 0.496 e. The summed E-state index contributed by atoms with van der Waals surface area (Å²) in [6.07, 6.45) is 2.26. The predicted octanol–water partition coefficient (Wildman–Crippen LogP) is 8.14. The number of hydrogen-bond donors (Lipinski definition) is 3. The van der Waals surface area contributed by atoms with Crippen molar-refractivity contribution in [3.05, 3.63) is 117 Å². The zero-order chi connectivity index (χ0) is 39.2. The third kappa shape index (κ3) is 10.7. The Morgan fingerprint density at radius 1 is 0.981 bits per heavy atom. The van der Waals surface area contributed by atoms with Gasteiger partial charge in [-0.25, -0.2) is 18.2 Å². The van der Waals surface area contributed by atoms with E-state index in [1.165, 1.54) is 25.3 Å². The van der Waals surface area contributed by atoms with E-state index in [2.05, 4.69) is 16.9 Å². The van der Waals surface area contributed by atoms with Gasteiger partial charge in [0.05, 0.1) is 18.4 Å².